The van der Waals surface area contributed by atoms with Gasteiger partial charge in [-0.2, -0.15) is 0 Å². The molecule has 0 radical (unpaired) electrons. The Labute approximate surface area is 169 Å². The minimum atomic E-state index is 0.135. The van der Waals surface area contributed by atoms with Crippen LogP contribution in [0.2, 0.25) is 0 Å². The van der Waals surface area contributed by atoms with Crippen molar-refractivity contribution < 1.29 is 14.3 Å². The van der Waals surface area contributed by atoms with Crippen LogP contribution in [0, 0.1) is 6.92 Å². The van der Waals surface area contributed by atoms with Crippen LogP contribution < -0.4 is 15.0 Å². The van der Waals surface area contributed by atoms with Crippen LogP contribution in [0.15, 0.2) is 18.5 Å². The summed E-state index contributed by atoms with van der Waals surface area (Å²) in [5.74, 6) is 3.04. The van der Waals surface area contributed by atoms with Gasteiger partial charge in [-0.05, 0) is 24.1 Å². The molecule has 3 aliphatic heterocycles. The third-order valence-corrected chi connectivity index (χ3v) is 5.94. The Kier molecular flexibility index (Phi) is 4.50. The molecular weight excluding hydrogens is 370 g/mol. The third kappa shape index (κ3) is 3.27. The minimum absolute atomic E-state index is 0.135. The molecule has 0 saturated carbocycles. The van der Waals surface area contributed by atoms with Crippen LogP contribution in [-0.4, -0.2) is 60.2 Å². The third-order valence-electron chi connectivity index (χ3n) is 5.94. The summed E-state index contributed by atoms with van der Waals surface area (Å²) >= 11 is 0. The van der Waals surface area contributed by atoms with Crippen molar-refractivity contribution in [2.75, 3.05) is 49.6 Å². The zero-order chi connectivity index (χ0) is 20.0. The van der Waals surface area contributed by atoms with Crippen LogP contribution in [0.25, 0.3) is 0 Å². The summed E-state index contributed by atoms with van der Waals surface area (Å²) in [5.41, 5.74) is 4.20. The topological polar surface area (TPSA) is 79.8 Å². The number of aromatic nitrogens is 2. The first-order valence-corrected chi connectivity index (χ1v) is 10.1. The highest BCUT2D eigenvalue weighted by Gasteiger charge is 2.31. The summed E-state index contributed by atoms with van der Waals surface area (Å²) in [6.07, 6.45) is 1.61. The monoisotopic (exact) mass is 395 g/mol. The fraction of sp³-hybridized carbons (Fsp3) is 0.476. The standard InChI is InChI=1S/C21H25N5O3/c1-13-7-15(16-9-26(10-16)14(2)27)8-18-19(13)29-11-17-20(24-18)22-12-23-21(17)25-3-5-28-6-4-25/h7-8,12,16H,3-6,9-11H2,1-2H3,(H,22,23,24). The lowest BCUT2D eigenvalue weighted by Crippen LogP contribution is -2.47. The van der Waals surface area contributed by atoms with E-state index in [-0.39, 0.29) is 5.91 Å². The fourth-order valence-corrected chi connectivity index (χ4v) is 4.23. The molecule has 8 nitrogen and oxygen atoms in total. The second kappa shape index (κ2) is 7.18. The Morgan fingerprint density at radius 3 is 2.76 bits per heavy atom. The molecule has 2 saturated heterocycles. The Balaban J connectivity index is 1.45. The maximum Gasteiger partial charge on any atom is 0.219 e. The number of hydrogen-bond acceptors (Lipinski definition) is 7. The summed E-state index contributed by atoms with van der Waals surface area (Å²) < 4.78 is 11.7. The van der Waals surface area contributed by atoms with E-state index in [4.69, 9.17) is 9.47 Å². The summed E-state index contributed by atoms with van der Waals surface area (Å²) in [6, 6.07) is 4.31. The van der Waals surface area contributed by atoms with Gasteiger partial charge in [-0.1, -0.05) is 6.07 Å². The van der Waals surface area contributed by atoms with Gasteiger partial charge in [0.15, 0.2) is 0 Å². The van der Waals surface area contributed by atoms with E-state index in [9.17, 15) is 4.79 Å². The molecule has 2 fully saturated rings. The average Bonchev–Trinajstić information content (AvgIpc) is 2.86. The van der Waals surface area contributed by atoms with Gasteiger partial charge in [0.25, 0.3) is 0 Å². The summed E-state index contributed by atoms with van der Waals surface area (Å²) in [7, 11) is 0. The van der Waals surface area contributed by atoms with E-state index >= 15 is 0 Å². The van der Waals surface area contributed by atoms with Gasteiger partial charge in [0.2, 0.25) is 5.91 Å². The number of nitrogens with one attached hydrogen (secondary N) is 1. The van der Waals surface area contributed by atoms with Crippen molar-refractivity contribution in [2.24, 2.45) is 0 Å². The van der Waals surface area contributed by atoms with Gasteiger partial charge in [0.05, 0.1) is 24.5 Å². The number of hydrogen-bond donors (Lipinski definition) is 1. The number of fused-ring (bicyclic) bond motifs is 2. The van der Waals surface area contributed by atoms with Gasteiger partial charge in [-0.3, -0.25) is 4.79 Å². The van der Waals surface area contributed by atoms with E-state index in [0.29, 0.717) is 25.7 Å². The van der Waals surface area contributed by atoms with Crippen LogP contribution in [0.4, 0.5) is 17.3 Å². The van der Waals surface area contributed by atoms with Crippen LogP contribution in [0.1, 0.15) is 29.5 Å². The summed E-state index contributed by atoms with van der Waals surface area (Å²) in [4.78, 5) is 24.6. The van der Waals surface area contributed by atoms with E-state index < -0.39 is 0 Å². The number of nitrogens with zero attached hydrogens (tertiary/aromatic N) is 4. The molecule has 1 aromatic carbocycles. The normalized spacial score (nSPS) is 18.7. The molecule has 2 aromatic rings. The molecular formula is C21H25N5O3. The summed E-state index contributed by atoms with van der Waals surface area (Å²) in [5, 5.41) is 3.49. The smallest absolute Gasteiger partial charge is 0.219 e. The van der Waals surface area contributed by atoms with Crippen molar-refractivity contribution in [3.63, 3.8) is 0 Å². The van der Waals surface area contributed by atoms with Gasteiger partial charge in [0.1, 0.15) is 30.3 Å². The lowest BCUT2D eigenvalue weighted by Gasteiger charge is -2.39. The zero-order valence-electron chi connectivity index (χ0n) is 16.8. The maximum atomic E-state index is 11.5. The number of anilines is 3. The minimum Gasteiger partial charge on any atom is -0.486 e. The highest BCUT2D eigenvalue weighted by Crippen LogP contribution is 2.41. The molecule has 8 heteroatoms. The predicted octanol–water partition coefficient (Wildman–Crippen LogP) is 2.20. The molecule has 0 unspecified atom stereocenters. The Bertz CT molecular complexity index is 952. The van der Waals surface area contributed by atoms with Crippen LogP contribution >= 0.6 is 0 Å². The number of benzene rings is 1. The number of amides is 1. The number of aryl methyl sites for hydroxylation is 1. The number of carbonyl (C=O) groups is 1. The molecule has 29 heavy (non-hydrogen) atoms. The highest BCUT2D eigenvalue weighted by molar-refractivity contribution is 5.75. The fourth-order valence-electron chi connectivity index (χ4n) is 4.23. The predicted molar refractivity (Wildman–Crippen MR) is 109 cm³/mol. The first-order valence-electron chi connectivity index (χ1n) is 10.1. The van der Waals surface area contributed by atoms with Crippen molar-refractivity contribution in [1.29, 1.82) is 0 Å². The lowest BCUT2D eigenvalue weighted by atomic mass is 9.89. The molecule has 0 spiro atoms. The molecule has 0 bridgehead atoms. The van der Waals surface area contributed by atoms with Gasteiger partial charge in [0, 0.05) is 39.0 Å². The number of carbonyl (C=O) groups excluding carboxylic acids is 1. The van der Waals surface area contributed by atoms with Crippen LogP contribution in [0.5, 0.6) is 5.75 Å². The molecule has 152 valence electrons. The average molecular weight is 395 g/mol. The van der Waals surface area contributed by atoms with E-state index in [1.807, 2.05) is 4.90 Å². The highest BCUT2D eigenvalue weighted by atomic mass is 16.5. The summed E-state index contributed by atoms with van der Waals surface area (Å²) in [6.45, 7) is 8.69. The van der Waals surface area contributed by atoms with Crippen molar-refractivity contribution in [2.45, 2.75) is 26.4 Å². The van der Waals surface area contributed by atoms with Crippen molar-refractivity contribution in [3.05, 3.63) is 35.2 Å². The second-order valence-corrected chi connectivity index (χ2v) is 7.87. The molecule has 3 aliphatic rings. The Morgan fingerprint density at radius 1 is 1.21 bits per heavy atom. The SMILES string of the molecule is CC(=O)N1CC(c2cc(C)c3c(c2)Nc2ncnc(N4CCOCC4)c2CO3)C1. The Hall–Kier alpha value is -2.87. The molecule has 0 atom stereocenters. The molecule has 0 aliphatic carbocycles. The number of likely N-dealkylation sites (tertiary alicyclic amines) is 1. The Morgan fingerprint density at radius 2 is 2.00 bits per heavy atom. The van der Waals surface area contributed by atoms with Crippen molar-refractivity contribution in [1.82, 2.24) is 14.9 Å². The molecule has 4 heterocycles. The van der Waals surface area contributed by atoms with E-state index in [1.54, 1.807) is 13.3 Å². The zero-order valence-corrected chi connectivity index (χ0v) is 16.8. The maximum absolute atomic E-state index is 11.5. The molecule has 1 aromatic heterocycles. The molecule has 1 amide bonds. The molecule has 5 rings (SSSR count). The number of rotatable bonds is 2. The molecule has 1 N–H and O–H groups in total. The van der Waals surface area contributed by atoms with Crippen molar-refractivity contribution in [3.8, 4) is 5.75 Å². The van der Waals surface area contributed by atoms with Gasteiger partial charge < -0.3 is 24.6 Å². The largest absolute Gasteiger partial charge is 0.486 e. The van der Waals surface area contributed by atoms with E-state index in [0.717, 1.165) is 60.4 Å². The van der Waals surface area contributed by atoms with Crippen molar-refractivity contribution >= 4 is 23.2 Å². The van der Waals surface area contributed by atoms with E-state index in [2.05, 4.69) is 39.2 Å². The quantitative estimate of drug-likeness (QED) is 0.835. The number of ether oxygens (including phenoxy) is 2. The van der Waals surface area contributed by atoms with Gasteiger partial charge in [-0.15, -0.1) is 0 Å². The number of morpholine rings is 1. The van der Waals surface area contributed by atoms with Gasteiger partial charge >= 0.3 is 0 Å². The second-order valence-electron chi connectivity index (χ2n) is 7.87. The van der Waals surface area contributed by atoms with Crippen LogP contribution in [0.3, 0.4) is 0 Å². The van der Waals surface area contributed by atoms with E-state index in [1.165, 1.54) is 5.56 Å². The first-order chi connectivity index (χ1) is 14.1. The lowest BCUT2D eigenvalue weighted by molar-refractivity contribution is -0.133. The van der Waals surface area contributed by atoms with Gasteiger partial charge in [-0.25, -0.2) is 9.97 Å². The van der Waals surface area contributed by atoms with Crippen LogP contribution in [-0.2, 0) is 16.1 Å². The first kappa shape index (κ1) is 18.2.